The molecule has 2 N–H and O–H groups in total. The highest BCUT2D eigenvalue weighted by Gasteiger charge is 2.16. The molecular formula is C22H34N4O2. The van der Waals surface area contributed by atoms with Gasteiger partial charge < -0.3 is 19.9 Å². The van der Waals surface area contributed by atoms with E-state index >= 15 is 0 Å². The summed E-state index contributed by atoms with van der Waals surface area (Å²) >= 11 is 0. The molecule has 2 rings (SSSR count). The minimum Gasteiger partial charge on any atom is -0.376 e. The zero-order valence-electron chi connectivity index (χ0n) is 17.8. The highest BCUT2D eigenvalue weighted by atomic mass is 16.5. The smallest absolute Gasteiger partial charge is 0.191 e. The highest BCUT2D eigenvalue weighted by molar-refractivity contribution is 5.79. The maximum absolute atomic E-state index is 5.82. The van der Waals surface area contributed by atoms with E-state index in [-0.39, 0.29) is 0 Å². The van der Waals surface area contributed by atoms with E-state index in [1.165, 1.54) is 11.1 Å². The molecule has 2 atom stereocenters. The topological polar surface area (TPSA) is 71.7 Å². The average Bonchev–Trinajstić information content (AvgIpc) is 3.03. The molecule has 0 aliphatic rings. The van der Waals surface area contributed by atoms with Gasteiger partial charge in [0.1, 0.15) is 5.76 Å². The average molecular weight is 387 g/mol. The quantitative estimate of drug-likeness (QED) is 0.480. The normalized spacial score (nSPS) is 14.0. The predicted molar refractivity (Wildman–Crippen MR) is 114 cm³/mol. The van der Waals surface area contributed by atoms with Crippen molar-refractivity contribution in [2.45, 2.75) is 47.1 Å². The lowest BCUT2D eigenvalue weighted by atomic mass is 10.00. The molecule has 2 aromatic rings. The summed E-state index contributed by atoms with van der Waals surface area (Å²) in [4.78, 5) is 4.71. The fourth-order valence-corrected chi connectivity index (χ4v) is 3.14. The molecule has 6 heteroatoms. The van der Waals surface area contributed by atoms with Crippen LogP contribution in [-0.4, -0.2) is 37.4 Å². The van der Waals surface area contributed by atoms with E-state index in [0.29, 0.717) is 31.6 Å². The molecule has 0 aliphatic carbocycles. The van der Waals surface area contributed by atoms with Crippen molar-refractivity contribution >= 4 is 5.96 Å². The Morgan fingerprint density at radius 3 is 2.57 bits per heavy atom. The van der Waals surface area contributed by atoms with E-state index < -0.39 is 0 Å². The second kappa shape index (κ2) is 11.5. The van der Waals surface area contributed by atoms with Crippen molar-refractivity contribution in [2.75, 3.05) is 26.2 Å². The Kier molecular flexibility index (Phi) is 9.01. The molecule has 0 radical (unpaired) electrons. The number of hydrogen-bond acceptors (Lipinski definition) is 4. The van der Waals surface area contributed by atoms with Crippen LogP contribution in [0.3, 0.4) is 0 Å². The molecular weight excluding hydrogens is 352 g/mol. The molecule has 154 valence electrons. The highest BCUT2D eigenvalue weighted by Crippen LogP contribution is 2.22. The Hall–Kier alpha value is -2.34. The number of rotatable bonds is 10. The van der Waals surface area contributed by atoms with Crippen LogP contribution in [0.25, 0.3) is 0 Å². The summed E-state index contributed by atoms with van der Waals surface area (Å²) in [5, 5.41) is 10.8. The van der Waals surface area contributed by atoms with Gasteiger partial charge in [-0.25, -0.2) is 0 Å². The Balaban J connectivity index is 1.79. The molecule has 1 aromatic carbocycles. The summed E-state index contributed by atoms with van der Waals surface area (Å²) in [7, 11) is 0. The van der Waals surface area contributed by atoms with Crippen molar-refractivity contribution in [3.05, 3.63) is 52.9 Å². The van der Waals surface area contributed by atoms with E-state index in [4.69, 9.17) is 14.3 Å². The van der Waals surface area contributed by atoms with E-state index in [9.17, 15) is 0 Å². The zero-order chi connectivity index (χ0) is 20.4. The Morgan fingerprint density at radius 2 is 1.93 bits per heavy atom. The van der Waals surface area contributed by atoms with Crippen LogP contribution in [0, 0.1) is 19.8 Å². The largest absolute Gasteiger partial charge is 0.376 e. The number of guanidine groups is 1. The number of nitrogens with zero attached hydrogens (tertiary/aromatic N) is 2. The van der Waals surface area contributed by atoms with Crippen LogP contribution in [0.1, 0.15) is 49.3 Å². The first-order valence-electron chi connectivity index (χ1n) is 10.1. The molecule has 2 unspecified atom stereocenters. The van der Waals surface area contributed by atoms with Crippen molar-refractivity contribution in [1.29, 1.82) is 0 Å². The standard InChI is InChI=1S/C22H34N4O2/c1-6-23-22(25-13-17(3)21-18(4)26-28-19(21)5)24-12-16(2)14-27-15-20-10-8-7-9-11-20/h7-11,16-17H,6,12-15H2,1-5H3,(H2,23,24,25). The Labute approximate surface area is 168 Å². The van der Waals surface area contributed by atoms with Crippen molar-refractivity contribution in [2.24, 2.45) is 10.9 Å². The number of aromatic nitrogens is 1. The molecule has 1 heterocycles. The van der Waals surface area contributed by atoms with Crippen LogP contribution in [0.5, 0.6) is 0 Å². The molecule has 0 spiro atoms. The van der Waals surface area contributed by atoms with Gasteiger partial charge in [-0.15, -0.1) is 0 Å². The van der Waals surface area contributed by atoms with Crippen LogP contribution < -0.4 is 10.6 Å². The monoisotopic (exact) mass is 386 g/mol. The summed E-state index contributed by atoms with van der Waals surface area (Å²) in [5.74, 6) is 2.36. The molecule has 1 aromatic heterocycles. The van der Waals surface area contributed by atoms with Crippen LogP contribution in [-0.2, 0) is 11.3 Å². The third-order valence-corrected chi connectivity index (χ3v) is 4.58. The van der Waals surface area contributed by atoms with Gasteiger partial charge in [-0.05, 0) is 32.3 Å². The van der Waals surface area contributed by atoms with Gasteiger partial charge in [-0.3, -0.25) is 4.99 Å². The molecule has 0 amide bonds. The molecule has 0 bridgehead atoms. The van der Waals surface area contributed by atoms with Gasteiger partial charge >= 0.3 is 0 Å². The SMILES string of the molecule is CCNC(=NCC(C)COCc1ccccc1)NCC(C)c1c(C)noc1C. The van der Waals surface area contributed by atoms with E-state index in [1.54, 1.807) is 0 Å². The molecule has 28 heavy (non-hydrogen) atoms. The Morgan fingerprint density at radius 1 is 1.18 bits per heavy atom. The van der Waals surface area contributed by atoms with E-state index in [1.807, 2.05) is 32.0 Å². The number of aliphatic imine (C=N–C) groups is 1. The first-order chi connectivity index (χ1) is 13.5. The predicted octanol–water partition coefficient (Wildman–Crippen LogP) is 3.80. The minimum absolute atomic E-state index is 0.293. The number of hydrogen-bond donors (Lipinski definition) is 2. The number of nitrogens with one attached hydrogen (secondary N) is 2. The van der Waals surface area contributed by atoms with Crippen LogP contribution in [0.2, 0.25) is 0 Å². The molecule has 0 saturated heterocycles. The lowest BCUT2D eigenvalue weighted by molar-refractivity contribution is 0.0945. The van der Waals surface area contributed by atoms with Crippen molar-refractivity contribution in [1.82, 2.24) is 15.8 Å². The Bertz CT molecular complexity index is 708. The van der Waals surface area contributed by atoms with Gasteiger partial charge in [0.25, 0.3) is 0 Å². The second-order valence-electron chi connectivity index (χ2n) is 7.35. The lowest BCUT2D eigenvalue weighted by Crippen LogP contribution is -2.39. The molecule has 6 nitrogen and oxygen atoms in total. The van der Waals surface area contributed by atoms with Gasteiger partial charge in [-0.2, -0.15) is 0 Å². The van der Waals surface area contributed by atoms with Crippen LogP contribution in [0.4, 0.5) is 0 Å². The number of benzene rings is 1. The third-order valence-electron chi connectivity index (χ3n) is 4.58. The summed E-state index contributed by atoms with van der Waals surface area (Å²) in [6, 6.07) is 10.2. The maximum atomic E-state index is 5.82. The van der Waals surface area contributed by atoms with Gasteiger partial charge in [-0.1, -0.05) is 49.3 Å². The van der Waals surface area contributed by atoms with Crippen LogP contribution in [0.15, 0.2) is 39.8 Å². The van der Waals surface area contributed by atoms with Gasteiger partial charge in [0, 0.05) is 31.1 Å². The maximum Gasteiger partial charge on any atom is 0.191 e. The van der Waals surface area contributed by atoms with Crippen molar-refractivity contribution < 1.29 is 9.26 Å². The summed E-state index contributed by atoms with van der Waals surface area (Å²) in [6.07, 6.45) is 0. The van der Waals surface area contributed by atoms with E-state index in [2.05, 4.69) is 48.7 Å². The molecule has 0 fully saturated rings. The van der Waals surface area contributed by atoms with Gasteiger partial charge in [0.05, 0.1) is 18.9 Å². The fourth-order valence-electron chi connectivity index (χ4n) is 3.14. The molecule has 0 saturated carbocycles. The third kappa shape index (κ3) is 7.00. The number of ether oxygens (including phenoxy) is 1. The second-order valence-corrected chi connectivity index (χ2v) is 7.35. The first kappa shape index (κ1) is 22.0. The lowest BCUT2D eigenvalue weighted by Gasteiger charge is -2.17. The number of aryl methyl sites for hydroxylation is 2. The van der Waals surface area contributed by atoms with Crippen molar-refractivity contribution in [3.63, 3.8) is 0 Å². The van der Waals surface area contributed by atoms with E-state index in [0.717, 1.165) is 30.5 Å². The fraction of sp³-hybridized carbons (Fsp3) is 0.545. The zero-order valence-corrected chi connectivity index (χ0v) is 17.8. The van der Waals surface area contributed by atoms with Gasteiger partial charge in [0.15, 0.2) is 5.96 Å². The summed E-state index contributed by atoms with van der Waals surface area (Å²) in [6.45, 7) is 14.0. The van der Waals surface area contributed by atoms with Gasteiger partial charge in [0.2, 0.25) is 0 Å². The molecule has 0 aliphatic heterocycles. The van der Waals surface area contributed by atoms with Crippen molar-refractivity contribution in [3.8, 4) is 0 Å². The van der Waals surface area contributed by atoms with Crippen LogP contribution >= 0.6 is 0 Å². The summed E-state index contributed by atoms with van der Waals surface area (Å²) < 4.78 is 11.1. The minimum atomic E-state index is 0.293. The first-order valence-corrected chi connectivity index (χ1v) is 10.1. The summed E-state index contributed by atoms with van der Waals surface area (Å²) in [5.41, 5.74) is 3.32.